The lowest BCUT2D eigenvalue weighted by Crippen LogP contribution is -2.12. The van der Waals surface area contributed by atoms with Gasteiger partial charge in [-0.2, -0.15) is 11.3 Å². The molecule has 1 N–H and O–H groups in total. The number of nitrogens with zero attached hydrogens (tertiary/aromatic N) is 1. The lowest BCUT2D eigenvalue weighted by molar-refractivity contribution is -0.116. The lowest BCUT2D eigenvalue weighted by atomic mass is 10.2. The van der Waals surface area contributed by atoms with E-state index in [1.807, 2.05) is 43.5 Å². The Labute approximate surface area is 133 Å². The molecule has 5 heteroatoms. The molecule has 4 nitrogen and oxygen atoms in total. The highest BCUT2D eigenvalue weighted by atomic mass is 32.1. The van der Waals surface area contributed by atoms with Gasteiger partial charge < -0.3 is 9.73 Å². The molecular formula is C17H18N2O2S. The Hall–Kier alpha value is -2.14. The fourth-order valence-electron chi connectivity index (χ4n) is 2.19. The fraction of sp³-hybridized carbons (Fsp3) is 0.294. The number of aryl methyl sites for hydroxylation is 1. The van der Waals surface area contributed by atoms with Crippen molar-refractivity contribution in [3.8, 4) is 0 Å². The van der Waals surface area contributed by atoms with Gasteiger partial charge in [-0.05, 0) is 47.0 Å². The Balaban J connectivity index is 1.66. The first kappa shape index (κ1) is 14.8. The van der Waals surface area contributed by atoms with Gasteiger partial charge in [-0.1, -0.05) is 13.8 Å². The van der Waals surface area contributed by atoms with E-state index in [0.29, 0.717) is 6.42 Å². The maximum absolute atomic E-state index is 12.0. The predicted molar refractivity (Wildman–Crippen MR) is 89.4 cm³/mol. The van der Waals surface area contributed by atoms with Crippen LogP contribution in [0.4, 0.5) is 5.69 Å². The molecule has 0 aliphatic heterocycles. The average Bonchev–Trinajstić information content (AvgIpc) is 3.14. The quantitative estimate of drug-likeness (QED) is 0.749. The minimum atomic E-state index is 0.0122. The second-order valence-electron chi connectivity index (χ2n) is 5.57. The lowest BCUT2D eigenvalue weighted by Gasteiger charge is -2.04. The van der Waals surface area contributed by atoms with E-state index in [1.165, 1.54) is 5.56 Å². The third-order valence-corrected chi connectivity index (χ3v) is 4.13. The number of nitrogens with one attached hydrogen (secondary N) is 1. The molecule has 0 aliphatic rings. The van der Waals surface area contributed by atoms with Gasteiger partial charge in [0.05, 0.1) is 0 Å². The zero-order valence-corrected chi connectivity index (χ0v) is 13.4. The largest absolute Gasteiger partial charge is 0.440 e. The van der Waals surface area contributed by atoms with Gasteiger partial charge in [0.2, 0.25) is 5.91 Å². The fourth-order valence-corrected chi connectivity index (χ4v) is 2.89. The van der Waals surface area contributed by atoms with Crippen molar-refractivity contribution in [3.05, 3.63) is 46.5 Å². The van der Waals surface area contributed by atoms with Gasteiger partial charge in [-0.3, -0.25) is 4.79 Å². The molecule has 0 spiro atoms. The van der Waals surface area contributed by atoms with Gasteiger partial charge in [0.25, 0.3) is 0 Å². The summed E-state index contributed by atoms with van der Waals surface area (Å²) in [6.07, 6.45) is 1.24. The molecule has 0 saturated heterocycles. The van der Waals surface area contributed by atoms with Gasteiger partial charge in [0.15, 0.2) is 11.5 Å². The minimum absolute atomic E-state index is 0.0122. The molecule has 114 valence electrons. The Kier molecular flexibility index (Phi) is 4.24. The number of aromatic nitrogens is 1. The highest BCUT2D eigenvalue weighted by molar-refractivity contribution is 7.07. The van der Waals surface area contributed by atoms with E-state index in [9.17, 15) is 4.79 Å². The highest BCUT2D eigenvalue weighted by Gasteiger charge is 2.10. The van der Waals surface area contributed by atoms with E-state index in [1.54, 1.807) is 11.3 Å². The van der Waals surface area contributed by atoms with Crippen LogP contribution in [0, 0.1) is 0 Å². The minimum Gasteiger partial charge on any atom is -0.440 e. The number of hydrogen-bond acceptors (Lipinski definition) is 4. The number of fused-ring (bicyclic) bond motifs is 1. The number of amides is 1. The number of hydrogen-bond donors (Lipinski definition) is 1. The van der Waals surface area contributed by atoms with Gasteiger partial charge >= 0.3 is 0 Å². The molecule has 1 amide bonds. The number of carbonyl (C=O) groups excluding carboxylic acids is 1. The molecule has 0 fully saturated rings. The molecular weight excluding hydrogens is 296 g/mol. The maximum Gasteiger partial charge on any atom is 0.224 e. The Morgan fingerprint density at radius 2 is 2.23 bits per heavy atom. The summed E-state index contributed by atoms with van der Waals surface area (Å²) < 4.78 is 5.66. The van der Waals surface area contributed by atoms with Crippen molar-refractivity contribution < 1.29 is 9.21 Å². The molecule has 2 aromatic heterocycles. The zero-order chi connectivity index (χ0) is 15.5. The third-order valence-electron chi connectivity index (χ3n) is 3.40. The number of thiophene rings is 1. The first-order valence-electron chi connectivity index (χ1n) is 7.33. The predicted octanol–water partition coefficient (Wildman–Crippen LogP) is 4.58. The summed E-state index contributed by atoms with van der Waals surface area (Å²) in [6, 6.07) is 7.60. The van der Waals surface area contributed by atoms with Crippen LogP contribution in [0.3, 0.4) is 0 Å². The van der Waals surface area contributed by atoms with Crippen molar-refractivity contribution in [2.24, 2.45) is 0 Å². The summed E-state index contributed by atoms with van der Waals surface area (Å²) in [5.41, 5.74) is 3.49. The normalized spacial score (nSPS) is 11.2. The van der Waals surface area contributed by atoms with E-state index in [0.717, 1.165) is 29.1 Å². The van der Waals surface area contributed by atoms with E-state index in [2.05, 4.69) is 15.7 Å². The number of benzene rings is 1. The molecule has 0 atom stereocenters. The molecule has 22 heavy (non-hydrogen) atoms. The van der Waals surface area contributed by atoms with Crippen LogP contribution in [-0.2, 0) is 11.2 Å². The summed E-state index contributed by atoms with van der Waals surface area (Å²) in [6.45, 7) is 4.08. The maximum atomic E-state index is 12.0. The first-order valence-corrected chi connectivity index (χ1v) is 8.27. The van der Waals surface area contributed by atoms with Gasteiger partial charge in [0.1, 0.15) is 5.52 Å². The van der Waals surface area contributed by atoms with Crippen molar-refractivity contribution in [2.75, 3.05) is 5.32 Å². The van der Waals surface area contributed by atoms with Crippen LogP contribution < -0.4 is 5.32 Å². The summed E-state index contributed by atoms with van der Waals surface area (Å²) in [4.78, 5) is 16.5. The SMILES string of the molecule is CC(C)c1nc2cc(NC(=O)CCc3ccsc3)ccc2o1. The third kappa shape index (κ3) is 3.36. The number of oxazole rings is 1. The summed E-state index contributed by atoms with van der Waals surface area (Å²) in [5, 5.41) is 7.02. The smallest absolute Gasteiger partial charge is 0.224 e. The van der Waals surface area contributed by atoms with E-state index >= 15 is 0 Å². The van der Waals surface area contributed by atoms with Gasteiger partial charge in [-0.25, -0.2) is 4.98 Å². The van der Waals surface area contributed by atoms with Crippen LogP contribution in [-0.4, -0.2) is 10.9 Å². The molecule has 1 aromatic carbocycles. The van der Waals surface area contributed by atoms with Crippen LogP contribution in [0.2, 0.25) is 0 Å². The molecule has 3 aromatic rings. The van der Waals surface area contributed by atoms with E-state index in [-0.39, 0.29) is 11.8 Å². The van der Waals surface area contributed by atoms with Crippen LogP contribution in [0.5, 0.6) is 0 Å². The van der Waals surface area contributed by atoms with Crippen molar-refractivity contribution in [3.63, 3.8) is 0 Å². The molecule has 0 bridgehead atoms. The first-order chi connectivity index (χ1) is 10.6. The van der Waals surface area contributed by atoms with Crippen molar-refractivity contribution >= 4 is 34.0 Å². The number of rotatable bonds is 5. The second kappa shape index (κ2) is 6.32. The monoisotopic (exact) mass is 314 g/mol. The van der Waals surface area contributed by atoms with Crippen LogP contribution in [0.1, 0.15) is 37.6 Å². The van der Waals surface area contributed by atoms with E-state index in [4.69, 9.17) is 4.42 Å². The average molecular weight is 314 g/mol. The number of anilines is 1. The molecule has 3 rings (SSSR count). The topological polar surface area (TPSA) is 55.1 Å². The van der Waals surface area contributed by atoms with Gasteiger partial charge in [0, 0.05) is 18.0 Å². The molecule has 0 saturated carbocycles. The Morgan fingerprint density at radius 1 is 1.36 bits per heavy atom. The second-order valence-corrected chi connectivity index (χ2v) is 6.35. The van der Waals surface area contributed by atoms with Crippen LogP contribution >= 0.6 is 11.3 Å². The summed E-state index contributed by atoms with van der Waals surface area (Å²) in [7, 11) is 0. The van der Waals surface area contributed by atoms with Gasteiger partial charge in [-0.15, -0.1) is 0 Å². The Bertz CT molecular complexity index is 775. The van der Waals surface area contributed by atoms with Crippen molar-refractivity contribution in [1.29, 1.82) is 0 Å². The highest BCUT2D eigenvalue weighted by Crippen LogP contribution is 2.23. The molecule has 0 aliphatic carbocycles. The van der Waals surface area contributed by atoms with E-state index < -0.39 is 0 Å². The van der Waals surface area contributed by atoms with Crippen LogP contribution in [0.15, 0.2) is 39.4 Å². The van der Waals surface area contributed by atoms with Crippen molar-refractivity contribution in [1.82, 2.24) is 4.98 Å². The number of carbonyl (C=O) groups is 1. The summed E-state index contributed by atoms with van der Waals surface area (Å²) in [5.74, 6) is 0.977. The zero-order valence-electron chi connectivity index (χ0n) is 12.6. The van der Waals surface area contributed by atoms with Crippen LogP contribution in [0.25, 0.3) is 11.1 Å². The standard InChI is InChI=1S/C17H18N2O2S/c1-11(2)17-19-14-9-13(4-5-15(14)21-17)18-16(20)6-3-12-7-8-22-10-12/h4-5,7-11H,3,6H2,1-2H3,(H,18,20). The Morgan fingerprint density at radius 3 is 2.95 bits per heavy atom. The molecule has 0 unspecified atom stereocenters. The summed E-state index contributed by atoms with van der Waals surface area (Å²) >= 11 is 1.65. The van der Waals surface area contributed by atoms with Crippen molar-refractivity contribution in [2.45, 2.75) is 32.6 Å². The molecule has 0 radical (unpaired) electrons. The molecule has 2 heterocycles.